The molecule has 0 aliphatic carbocycles. The maximum atomic E-state index is 12.1. The number of non-ortho nitro benzene ring substituents is 1. The number of hydrogen-bond donors (Lipinski definition) is 1. The second kappa shape index (κ2) is 8.03. The van der Waals surface area contributed by atoms with E-state index in [2.05, 4.69) is 5.32 Å². The Bertz CT molecular complexity index is 765. The van der Waals surface area contributed by atoms with Crippen LogP contribution >= 0.6 is 23.4 Å². The van der Waals surface area contributed by atoms with Crippen LogP contribution < -0.4 is 10.1 Å². The minimum atomic E-state index is -0.462. The molecule has 0 aliphatic rings. The lowest BCUT2D eigenvalue weighted by Crippen LogP contribution is -2.14. The summed E-state index contributed by atoms with van der Waals surface area (Å²) in [6.45, 7) is 1.84. The molecule has 1 N–H and O–H groups in total. The molecule has 0 saturated carbocycles. The summed E-state index contributed by atoms with van der Waals surface area (Å²) in [5.74, 6) is 0.445. The van der Waals surface area contributed by atoms with Crippen LogP contribution in [-0.2, 0) is 4.79 Å². The van der Waals surface area contributed by atoms with E-state index in [1.54, 1.807) is 24.3 Å². The number of nitrogens with one attached hydrogen (secondary N) is 1. The SMILES string of the molecule is COc1cc(Cl)c(C)cc1NC(=O)CSc1ccc([N+](=O)[O-])cc1. The van der Waals surface area contributed by atoms with Gasteiger partial charge in [0.15, 0.2) is 0 Å². The average Bonchev–Trinajstić information content (AvgIpc) is 2.56. The van der Waals surface area contributed by atoms with Gasteiger partial charge in [0, 0.05) is 28.1 Å². The van der Waals surface area contributed by atoms with Crippen LogP contribution in [0.5, 0.6) is 5.75 Å². The van der Waals surface area contributed by atoms with Crippen molar-refractivity contribution in [1.29, 1.82) is 0 Å². The van der Waals surface area contributed by atoms with E-state index in [1.807, 2.05) is 6.92 Å². The molecular formula is C16H15ClN2O4S. The normalized spacial score (nSPS) is 10.3. The van der Waals surface area contributed by atoms with Gasteiger partial charge in [0.1, 0.15) is 5.75 Å². The van der Waals surface area contributed by atoms with Gasteiger partial charge in [-0.05, 0) is 30.7 Å². The molecule has 0 aliphatic heterocycles. The molecule has 0 atom stereocenters. The predicted octanol–water partition coefficient (Wildman–Crippen LogP) is 4.30. The minimum Gasteiger partial charge on any atom is -0.495 e. The molecule has 2 aromatic rings. The van der Waals surface area contributed by atoms with Crippen molar-refractivity contribution in [1.82, 2.24) is 0 Å². The van der Waals surface area contributed by atoms with Crippen LogP contribution in [0.15, 0.2) is 41.3 Å². The van der Waals surface area contributed by atoms with Gasteiger partial charge in [-0.15, -0.1) is 11.8 Å². The van der Waals surface area contributed by atoms with Gasteiger partial charge >= 0.3 is 0 Å². The van der Waals surface area contributed by atoms with Crippen molar-refractivity contribution in [3.05, 3.63) is 57.1 Å². The highest BCUT2D eigenvalue weighted by Gasteiger charge is 2.11. The third-order valence-corrected chi connectivity index (χ3v) is 4.59. The first kappa shape index (κ1) is 18.1. The van der Waals surface area contributed by atoms with Crippen LogP contribution in [-0.4, -0.2) is 23.7 Å². The molecule has 0 heterocycles. The first-order valence-corrected chi connectivity index (χ1v) is 8.28. The number of halogens is 1. The van der Waals surface area contributed by atoms with Crippen LogP contribution in [0.25, 0.3) is 0 Å². The lowest BCUT2D eigenvalue weighted by atomic mass is 10.2. The van der Waals surface area contributed by atoms with E-state index >= 15 is 0 Å². The number of thioether (sulfide) groups is 1. The van der Waals surface area contributed by atoms with Crippen molar-refractivity contribution < 1.29 is 14.5 Å². The quantitative estimate of drug-likeness (QED) is 0.468. The van der Waals surface area contributed by atoms with E-state index in [0.717, 1.165) is 10.5 Å². The first-order chi connectivity index (χ1) is 11.4. The number of nitro benzene ring substituents is 1. The number of benzene rings is 2. The van der Waals surface area contributed by atoms with Crippen molar-refractivity contribution in [3.8, 4) is 5.75 Å². The Hall–Kier alpha value is -2.25. The van der Waals surface area contributed by atoms with E-state index in [9.17, 15) is 14.9 Å². The number of ether oxygens (including phenoxy) is 1. The Labute approximate surface area is 148 Å². The summed E-state index contributed by atoms with van der Waals surface area (Å²) in [4.78, 5) is 23.0. The lowest BCUT2D eigenvalue weighted by Gasteiger charge is -2.12. The monoisotopic (exact) mass is 366 g/mol. The van der Waals surface area contributed by atoms with Crippen molar-refractivity contribution >= 4 is 40.6 Å². The van der Waals surface area contributed by atoms with Crippen LogP contribution in [0, 0.1) is 17.0 Å². The van der Waals surface area contributed by atoms with Gasteiger partial charge in [0.25, 0.3) is 5.69 Å². The summed E-state index contributed by atoms with van der Waals surface area (Å²) in [7, 11) is 1.50. The summed E-state index contributed by atoms with van der Waals surface area (Å²) in [5.41, 5.74) is 1.40. The zero-order valence-electron chi connectivity index (χ0n) is 13.0. The van der Waals surface area contributed by atoms with Crippen molar-refractivity contribution in [2.45, 2.75) is 11.8 Å². The second-order valence-electron chi connectivity index (χ2n) is 4.89. The number of anilines is 1. The molecule has 0 spiro atoms. The molecule has 24 heavy (non-hydrogen) atoms. The Morgan fingerprint density at radius 2 is 2.00 bits per heavy atom. The summed E-state index contributed by atoms with van der Waals surface area (Å²) < 4.78 is 5.21. The zero-order valence-corrected chi connectivity index (χ0v) is 14.6. The molecular weight excluding hydrogens is 352 g/mol. The first-order valence-electron chi connectivity index (χ1n) is 6.92. The van der Waals surface area contributed by atoms with Gasteiger partial charge in [0.2, 0.25) is 5.91 Å². The summed E-state index contributed by atoms with van der Waals surface area (Å²) >= 11 is 7.32. The molecule has 0 saturated heterocycles. The van der Waals surface area contributed by atoms with Gasteiger partial charge in [-0.3, -0.25) is 14.9 Å². The average molecular weight is 367 g/mol. The molecule has 126 valence electrons. The van der Waals surface area contributed by atoms with E-state index in [0.29, 0.717) is 16.5 Å². The fourth-order valence-corrected chi connectivity index (χ4v) is 2.78. The largest absolute Gasteiger partial charge is 0.495 e. The highest BCUT2D eigenvalue weighted by atomic mass is 35.5. The van der Waals surface area contributed by atoms with E-state index in [-0.39, 0.29) is 17.3 Å². The number of methoxy groups -OCH3 is 1. The molecule has 2 aromatic carbocycles. The van der Waals surface area contributed by atoms with E-state index in [1.165, 1.54) is 31.0 Å². The Morgan fingerprint density at radius 1 is 1.33 bits per heavy atom. The maximum Gasteiger partial charge on any atom is 0.269 e. The topological polar surface area (TPSA) is 81.5 Å². The molecule has 6 nitrogen and oxygen atoms in total. The molecule has 0 fully saturated rings. The molecule has 0 unspecified atom stereocenters. The van der Waals surface area contributed by atoms with Gasteiger partial charge in [-0.25, -0.2) is 0 Å². The third-order valence-electron chi connectivity index (χ3n) is 3.17. The molecule has 0 aromatic heterocycles. The molecule has 1 amide bonds. The lowest BCUT2D eigenvalue weighted by molar-refractivity contribution is -0.384. The minimum absolute atomic E-state index is 0.0187. The van der Waals surface area contributed by atoms with Crippen LogP contribution in [0.4, 0.5) is 11.4 Å². The number of nitrogens with zero attached hydrogens (tertiary/aromatic N) is 1. The predicted molar refractivity (Wildman–Crippen MR) is 95.2 cm³/mol. The maximum absolute atomic E-state index is 12.1. The third kappa shape index (κ3) is 4.62. The van der Waals surface area contributed by atoms with Gasteiger partial charge in [-0.2, -0.15) is 0 Å². The van der Waals surface area contributed by atoms with Crippen molar-refractivity contribution in [2.75, 3.05) is 18.2 Å². The molecule has 8 heteroatoms. The van der Waals surface area contributed by atoms with Gasteiger partial charge in [-0.1, -0.05) is 11.6 Å². The Morgan fingerprint density at radius 3 is 2.58 bits per heavy atom. The Kier molecular flexibility index (Phi) is 6.05. The number of carbonyl (C=O) groups excluding carboxylic acids is 1. The van der Waals surface area contributed by atoms with Gasteiger partial charge < -0.3 is 10.1 Å². The van der Waals surface area contributed by atoms with Crippen LogP contribution in [0.1, 0.15) is 5.56 Å². The number of carbonyl (C=O) groups is 1. The highest BCUT2D eigenvalue weighted by molar-refractivity contribution is 8.00. The summed E-state index contributed by atoms with van der Waals surface area (Å²) in [5, 5.41) is 13.9. The highest BCUT2D eigenvalue weighted by Crippen LogP contribution is 2.31. The zero-order chi connectivity index (χ0) is 17.7. The summed E-state index contributed by atoms with van der Waals surface area (Å²) in [6, 6.07) is 9.44. The van der Waals surface area contributed by atoms with Crippen LogP contribution in [0.3, 0.4) is 0 Å². The second-order valence-corrected chi connectivity index (χ2v) is 6.35. The van der Waals surface area contributed by atoms with E-state index < -0.39 is 4.92 Å². The van der Waals surface area contributed by atoms with E-state index in [4.69, 9.17) is 16.3 Å². The molecule has 0 radical (unpaired) electrons. The summed E-state index contributed by atoms with van der Waals surface area (Å²) in [6.07, 6.45) is 0. The van der Waals surface area contributed by atoms with Crippen LogP contribution in [0.2, 0.25) is 5.02 Å². The smallest absolute Gasteiger partial charge is 0.269 e. The van der Waals surface area contributed by atoms with Gasteiger partial charge in [0.05, 0.1) is 23.5 Å². The Balaban J connectivity index is 1.98. The molecule has 2 rings (SSSR count). The van der Waals surface area contributed by atoms with Crippen molar-refractivity contribution in [2.24, 2.45) is 0 Å². The molecule has 0 bridgehead atoms. The number of amides is 1. The number of nitro groups is 1. The number of aryl methyl sites for hydroxylation is 1. The number of hydrogen-bond acceptors (Lipinski definition) is 5. The fraction of sp³-hybridized carbons (Fsp3) is 0.188. The standard InChI is InChI=1S/C16H15ClN2O4S/c1-10-7-14(15(23-2)8-13(10)17)18-16(20)9-24-12-5-3-11(4-6-12)19(21)22/h3-8H,9H2,1-2H3,(H,18,20). The number of rotatable bonds is 6. The van der Waals surface area contributed by atoms with Crippen molar-refractivity contribution in [3.63, 3.8) is 0 Å². The fourth-order valence-electron chi connectivity index (χ4n) is 1.93.